The number of aromatic nitrogens is 2. The maximum atomic E-state index is 13.0. The maximum Gasteiger partial charge on any atom is 0.255 e. The largest absolute Gasteiger partial charge is 0.497 e. The highest BCUT2D eigenvalue weighted by atomic mass is 79.9. The first-order valence-electron chi connectivity index (χ1n) is 10.9. The van der Waals surface area contributed by atoms with Crippen molar-refractivity contribution in [1.82, 2.24) is 9.78 Å². The average molecular weight is 520 g/mol. The summed E-state index contributed by atoms with van der Waals surface area (Å²) in [6.45, 7) is 4.81. The molecule has 0 aliphatic carbocycles. The standard InChI is InChI=1S/C27H26BrN3O3/c1-18-26(19(2)31(30-18)16-20-6-5-9-25(15-20)33-3)29-27(32)22-8-4-7-21(14-22)17-34-24-12-10-23(28)11-13-24/h4-15H,16-17H2,1-3H3,(H,29,32). The third kappa shape index (κ3) is 5.66. The Balaban J connectivity index is 1.45. The molecule has 3 aromatic carbocycles. The van der Waals surface area contributed by atoms with Crippen LogP contribution in [0.3, 0.4) is 0 Å². The first-order chi connectivity index (χ1) is 16.4. The monoisotopic (exact) mass is 519 g/mol. The van der Waals surface area contributed by atoms with Gasteiger partial charge in [0.25, 0.3) is 5.91 Å². The Labute approximate surface area is 207 Å². The van der Waals surface area contributed by atoms with Crippen LogP contribution in [0.25, 0.3) is 0 Å². The van der Waals surface area contributed by atoms with E-state index in [-0.39, 0.29) is 5.91 Å². The van der Waals surface area contributed by atoms with Gasteiger partial charge in [-0.2, -0.15) is 5.10 Å². The lowest BCUT2D eigenvalue weighted by Crippen LogP contribution is -2.14. The van der Waals surface area contributed by atoms with Gasteiger partial charge in [-0.25, -0.2) is 0 Å². The molecule has 7 heteroatoms. The van der Waals surface area contributed by atoms with E-state index >= 15 is 0 Å². The number of hydrogen-bond acceptors (Lipinski definition) is 4. The zero-order chi connectivity index (χ0) is 24.1. The van der Waals surface area contributed by atoms with Gasteiger partial charge in [-0.05, 0) is 73.5 Å². The minimum atomic E-state index is -0.183. The molecule has 0 spiro atoms. The Hall–Kier alpha value is -3.58. The van der Waals surface area contributed by atoms with Crippen molar-refractivity contribution in [1.29, 1.82) is 0 Å². The number of nitrogens with zero attached hydrogens (tertiary/aromatic N) is 2. The number of carbonyl (C=O) groups excluding carboxylic acids is 1. The number of anilines is 1. The van der Waals surface area contributed by atoms with Crippen molar-refractivity contribution in [2.75, 3.05) is 12.4 Å². The van der Waals surface area contributed by atoms with E-state index in [1.54, 1.807) is 13.2 Å². The maximum absolute atomic E-state index is 13.0. The topological polar surface area (TPSA) is 65.4 Å². The molecule has 6 nitrogen and oxygen atoms in total. The first kappa shape index (κ1) is 23.6. The van der Waals surface area contributed by atoms with Crippen LogP contribution in [0.2, 0.25) is 0 Å². The van der Waals surface area contributed by atoms with E-state index in [4.69, 9.17) is 9.47 Å². The molecule has 0 fully saturated rings. The lowest BCUT2D eigenvalue weighted by molar-refractivity contribution is 0.102. The number of ether oxygens (including phenoxy) is 2. The Morgan fingerprint density at radius 2 is 1.71 bits per heavy atom. The summed E-state index contributed by atoms with van der Waals surface area (Å²) in [7, 11) is 1.65. The Kier molecular flexibility index (Phi) is 7.33. The molecule has 1 aromatic heterocycles. The van der Waals surface area contributed by atoms with E-state index in [9.17, 15) is 4.79 Å². The van der Waals surface area contributed by atoms with Gasteiger partial charge in [-0.15, -0.1) is 0 Å². The van der Waals surface area contributed by atoms with Crippen LogP contribution in [0.15, 0.2) is 77.3 Å². The third-order valence-corrected chi connectivity index (χ3v) is 6.02. The molecule has 0 aliphatic heterocycles. The summed E-state index contributed by atoms with van der Waals surface area (Å²) in [5.74, 6) is 1.39. The van der Waals surface area contributed by atoms with Crippen molar-refractivity contribution in [3.05, 3.63) is 105 Å². The zero-order valence-electron chi connectivity index (χ0n) is 19.3. The first-order valence-corrected chi connectivity index (χ1v) is 11.7. The zero-order valence-corrected chi connectivity index (χ0v) is 20.9. The fourth-order valence-electron chi connectivity index (χ4n) is 3.66. The second kappa shape index (κ2) is 10.6. The fourth-order valence-corrected chi connectivity index (χ4v) is 3.93. The molecule has 1 N–H and O–H groups in total. The number of methoxy groups -OCH3 is 1. The van der Waals surface area contributed by atoms with Gasteiger partial charge >= 0.3 is 0 Å². The van der Waals surface area contributed by atoms with Gasteiger partial charge in [0.1, 0.15) is 18.1 Å². The van der Waals surface area contributed by atoms with Crippen LogP contribution < -0.4 is 14.8 Å². The SMILES string of the molecule is COc1cccc(Cn2nc(C)c(NC(=O)c3cccc(COc4ccc(Br)cc4)c3)c2C)c1. The highest BCUT2D eigenvalue weighted by Gasteiger charge is 2.16. The summed E-state index contributed by atoms with van der Waals surface area (Å²) < 4.78 is 14.0. The molecule has 0 saturated heterocycles. The second-order valence-electron chi connectivity index (χ2n) is 7.95. The Bertz CT molecular complexity index is 1300. The van der Waals surface area contributed by atoms with Gasteiger partial charge in [-0.3, -0.25) is 9.48 Å². The molecule has 0 unspecified atom stereocenters. The number of aryl methyl sites for hydroxylation is 1. The van der Waals surface area contributed by atoms with Crippen LogP contribution in [-0.2, 0) is 13.2 Å². The van der Waals surface area contributed by atoms with Crippen LogP contribution in [0, 0.1) is 13.8 Å². The molecule has 1 heterocycles. The lowest BCUT2D eigenvalue weighted by Gasteiger charge is -2.10. The van der Waals surface area contributed by atoms with Crippen molar-refractivity contribution < 1.29 is 14.3 Å². The van der Waals surface area contributed by atoms with E-state index in [0.29, 0.717) is 18.7 Å². The Morgan fingerprint density at radius 1 is 0.971 bits per heavy atom. The summed E-state index contributed by atoms with van der Waals surface area (Å²) in [5.41, 5.74) is 4.94. The van der Waals surface area contributed by atoms with Crippen LogP contribution in [0.5, 0.6) is 11.5 Å². The number of halogens is 1. The summed E-state index contributed by atoms with van der Waals surface area (Å²) in [6.07, 6.45) is 0. The van der Waals surface area contributed by atoms with E-state index < -0.39 is 0 Å². The van der Waals surface area contributed by atoms with Crippen LogP contribution in [-0.4, -0.2) is 22.8 Å². The highest BCUT2D eigenvalue weighted by molar-refractivity contribution is 9.10. The van der Waals surface area contributed by atoms with Crippen LogP contribution in [0.4, 0.5) is 5.69 Å². The number of hydrogen-bond donors (Lipinski definition) is 1. The number of amides is 1. The molecule has 34 heavy (non-hydrogen) atoms. The predicted octanol–water partition coefficient (Wildman–Crippen LogP) is 6.15. The van der Waals surface area contributed by atoms with E-state index in [1.165, 1.54) is 0 Å². The lowest BCUT2D eigenvalue weighted by atomic mass is 10.1. The van der Waals surface area contributed by atoms with Gasteiger partial charge < -0.3 is 14.8 Å². The molecular weight excluding hydrogens is 494 g/mol. The molecule has 174 valence electrons. The molecule has 0 atom stereocenters. The van der Waals surface area contributed by atoms with E-state index in [0.717, 1.165) is 44.2 Å². The van der Waals surface area contributed by atoms with Crippen molar-refractivity contribution >= 4 is 27.5 Å². The molecular formula is C27H26BrN3O3. The molecule has 0 radical (unpaired) electrons. The summed E-state index contributed by atoms with van der Waals surface area (Å²) in [6, 6.07) is 23.0. The molecule has 4 rings (SSSR count). The van der Waals surface area contributed by atoms with Crippen molar-refractivity contribution in [2.24, 2.45) is 0 Å². The molecule has 0 bridgehead atoms. The van der Waals surface area contributed by atoms with Crippen LogP contribution >= 0.6 is 15.9 Å². The van der Waals surface area contributed by atoms with Gasteiger partial charge in [0.2, 0.25) is 0 Å². The fraction of sp³-hybridized carbons (Fsp3) is 0.185. The quantitative estimate of drug-likeness (QED) is 0.303. The van der Waals surface area contributed by atoms with Crippen molar-refractivity contribution in [3.8, 4) is 11.5 Å². The summed E-state index contributed by atoms with van der Waals surface area (Å²) in [4.78, 5) is 13.0. The van der Waals surface area contributed by atoms with E-state index in [1.807, 2.05) is 85.3 Å². The molecule has 4 aromatic rings. The minimum absolute atomic E-state index is 0.183. The molecule has 0 saturated carbocycles. The third-order valence-electron chi connectivity index (χ3n) is 5.49. The minimum Gasteiger partial charge on any atom is -0.497 e. The van der Waals surface area contributed by atoms with Crippen molar-refractivity contribution in [2.45, 2.75) is 27.0 Å². The van der Waals surface area contributed by atoms with E-state index in [2.05, 4.69) is 26.3 Å². The second-order valence-corrected chi connectivity index (χ2v) is 8.87. The number of carbonyl (C=O) groups is 1. The molecule has 0 aliphatic rings. The average Bonchev–Trinajstić information content (AvgIpc) is 3.11. The van der Waals surface area contributed by atoms with Gasteiger partial charge in [0.15, 0.2) is 0 Å². The predicted molar refractivity (Wildman–Crippen MR) is 137 cm³/mol. The van der Waals surface area contributed by atoms with Gasteiger partial charge in [0.05, 0.1) is 30.7 Å². The number of benzene rings is 3. The summed E-state index contributed by atoms with van der Waals surface area (Å²) >= 11 is 3.42. The van der Waals surface area contributed by atoms with Gasteiger partial charge in [-0.1, -0.05) is 40.2 Å². The Morgan fingerprint density at radius 3 is 2.47 bits per heavy atom. The summed E-state index contributed by atoms with van der Waals surface area (Å²) in [5, 5.41) is 7.67. The number of nitrogens with one attached hydrogen (secondary N) is 1. The smallest absolute Gasteiger partial charge is 0.255 e. The van der Waals surface area contributed by atoms with Crippen LogP contribution in [0.1, 0.15) is 32.9 Å². The highest BCUT2D eigenvalue weighted by Crippen LogP contribution is 2.23. The molecule has 1 amide bonds. The normalized spacial score (nSPS) is 10.7. The van der Waals surface area contributed by atoms with Gasteiger partial charge in [0, 0.05) is 10.0 Å². The number of rotatable bonds is 8. The van der Waals surface area contributed by atoms with Crippen molar-refractivity contribution in [3.63, 3.8) is 0 Å².